The van der Waals surface area contributed by atoms with E-state index in [1.165, 1.54) is 19.1 Å². The van der Waals surface area contributed by atoms with Crippen molar-refractivity contribution in [1.29, 1.82) is 0 Å². The largest absolute Gasteiger partial charge is 0.489 e. The number of hydrogen-bond acceptors (Lipinski definition) is 5. The highest BCUT2D eigenvalue weighted by molar-refractivity contribution is 6.43. The lowest BCUT2D eigenvalue weighted by molar-refractivity contribution is -0.111. The van der Waals surface area contributed by atoms with Crippen molar-refractivity contribution in [2.24, 2.45) is 5.10 Å². The second kappa shape index (κ2) is 6.61. The normalized spacial score (nSPS) is 23.1. The Kier molecular flexibility index (Phi) is 4.26. The van der Waals surface area contributed by atoms with Gasteiger partial charge in [-0.25, -0.2) is 4.39 Å². The summed E-state index contributed by atoms with van der Waals surface area (Å²) in [6.07, 6.45) is 1.55. The molecule has 0 amide bonds. The van der Waals surface area contributed by atoms with Crippen LogP contribution in [-0.4, -0.2) is 30.4 Å². The number of halogens is 1. The number of carbonyl (C=O) groups is 2. The molecule has 0 saturated heterocycles. The summed E-state index contributed by atoms with van der Waals surface area (Å²) in [6.45, 7) is 1.76. The molecule has 27 heavy (non-hydrogen) atoms. The number of fused-ring (bicyclic) bond motifs is 3. The molecule has 2 aliphatic heterocycles. The smallest absolute Gasteiger partial charge is 0.176 e. The summed E-state index contributed by atoms with van der Waals surface area (Å²) in [5.41, 5.74) is 0.977. The number of ether oxygens (including phenoxy) is 1. The van der Waals surface area contributed by atoms with Gasteiger partial charge in [0.25, 0.3) is 0 Å². The zero-order chi connectivity index (χ0) is 19.0. The van der Waals surface area contributed by atoms with Crippen molar-refractivity contribution in [2.45, 2.75) is 31.2 Å². The fraction of sp³-hybridized carbons (Fsp3) is 0.286. The van der Waals surface area contributed by atoms with Crippen molar-refractivity contribution in [2.75, 3.05) is 11.6 Å². The first-order valence-corrected chi connectivity index (χ1v) is 8.88. The minimum Gasteiger partial charge on any atom is -0.489 e. The van der Waals surface area contributed by atoms with Crippen molar-refractivity contribution in [3.63, 3.8) is 0 Å². The molecule has 0 aromatic heterocycles. The van der Waals surface area contributed by atoms with Crippen LogP contribution in [0.5, 0.6) is 5.75 Å². The molecule has 0 bridgehead atoms. The molecular formula is C21H19FN2O3. The summed E-state index contributed by atoms with van der Waals surface area (Å²) < 4.78 is 19.8. The molecule has 4 rings (SSSR count). The fourth-order valence-corrected chi connectivity index (χ4v) is 4.19. The maximum atomic E-state index is 13.9. The number of anilines is 1. The minimum atomic E-state index is -0.794. The Balaban J connectivity index is 1.92. The summed E-state index contributed by atoms with van der Waals surface area (Å²) in [7, 11) is 0. The lowest BCUT2D eigenvalue weighted by atomic mass is 9.67. The molecule has 5 nitrogen and oxygen atoms in total. The maximum Gasteiger partial charge on any atom is 0.176 e. The molecule has 2 aliphatic rings. The number of hydrazone groups is 1. The quantitative estimate of drug-likeness (QED) is 0.762. The Bertz CT molecular complexity index is 928. The van der Waals surface area contributed by atoms with Crippen LogP contribution in [0.4, 0.5) is 10.1 Å². The first-order chi connectivity index (χ1) is 13.1. The van der Waals surface area contributed by atoms with Crippen LogP contribution in [0, 0.1) is 5.82 Å². The third-order valence-electron chi connectivity index (χ3n) is 5.34. The van der Waals surface area contributed by atoms with Crippen molar-refractivity contribution in [3.8, 4) is 5.75 Å². The second-order valence-corrected chi connectivity index (χ2v) is 6.83. The molecule has 0 N–H and O–H groups in total. The third kappa shape index (κ3) is 2.63. The van der Waals surface area contributed by atoms with E-state index >= 15 is 0 Å². The predicted octanol–water partition coefficient (Wildman–Crippen LogP) is 3.27. The highest BCUT2D eigenvalue weighted by atomic mass is 19.1. The average molecular weight is 366 g/mol. The zero-order valence-corrected chi connectivity index (χ0v) is 14.9. The molecule has 0 unspecified atom stereocenters. The summed E-state index contributed by atoms with van der Waals surface area (Å²) in [5.74, 6) is -0.0432. The number of Topliss-reactive ketones (excluding diaryl/α,β-unsaturated/α-hetero) is 1. The van der Waals surface area contributed by atoms with Gasteiger partial charge in [0.05, 0.1) is 5.41 Å². The van der Waals surface area contributed by atoms with Gasteiger partial charge in [0, 0.05) is 19.4 Å². The minimum absolute atomic E-state index is 0.169. The van der Waals surface area contributed by atoms with Gasteiger partial charge in [0.1, 0.15) is 41.9 Å². The van der Waals surface area contributed by atoms with Crippen LogP contribution in [0.2, 0.25) is 0 Å². The molecule has 2 aromatic rings. The Morgan fingerprint density at radius 2 is 2.11 bits per heavy atom. The van der Waals surface area contributed by atoms with E-state index in [4.69, 9.17) is 4.74 Å². The first kappa shape index (κ1) is 17.4. The van der Waals surface area contributed by atoms with Gasteiger partial charge in [-0.05, 0) is 24.1 Å². The van der Waals surface area contributed by atoms with Crippen molar-refractivity contribution in [3.05, 3.63) is 59.9 Å². The van der Waals surface area contributed by atoms with Gasteiger partial charge in [0.2, 0.25) is 0 Å². The van der Waals surface area contributed by atoms with Crippen LogP contribution in [0.15, 0.2) is 53.6 Å². The van der Waals surface area contributed by atoms with Gasteiger partial charge in [-0.2, -0.15) is 5.10 Å². The Hall–Kier alpha value is -3.02. The number of nitrogens with zero attached hydrogens (tertiary/aromatic N) is 2. The molecule has 0 fully saturated rings. The SMILES string of the molecule is CC(=O)C1=NN2c3cc(F)ccc3OC[C@H]2[C@@]1(CCC=O)c1ccccc1. The van der Waals surface area contributed by atoms with E-state index in [-0.39, 0.29) is 24.9 Å². The van der Waals surface area contributed by atoms with Crippen LogP contribution in [-0.2, 0) is 15.0 Å². The fourth-order valence-electron chi connectivity index (χ4n) is 4.19. The molecule has 2 atom stereocenters. The number of benzene rings is 2. The van der Waals surface area contributed by atoms with Crippen LogP contribution < -0.4 is 9.75 Å². The number of aldehydes is 1. The van der Waals surface area contributed by atoms with E-state index in [1.54, 1.807) is 11.1 Å². The van der Waals surface area contributed by atoms with E-state index in [0.29, 0.717) is 23.6 Å². The highest BCUT2D eigenvalue weighted by Gasteiger charge is 2.55. The van der Waals surface area contributed by atoms with Gasteiger partial charge >= 0.3 is 0 Å². The zero-order valence-electron chi connectivity index (χ0n) is 14.9. The van der Waals surface area contributed by atoms with Crippen molar-refractivity contribution < 1.29 is 18.7 Å². The second-order valence-electron chi connectivity index (χ2n) is 6.83. The van der Waals surface area contributed by atoms with E-state index in [2.05, 4.69) is 5.10 Å². The molecule has 2 aromatic carbocycles. The van der Waals surface area contributed by atoms with Gasteiger partial charge in [0.15, 0.2) is 5.78 Å². The molecule has 6 heteroatoms. The van der Waals surface area contributed by atoms with Gasteiger partial charge in [-0.1, -0.05) is 30.3 Å². The summed E-state index contributed by atoms with van der Waals surface area (Å²) in [6, 6.07) is 13.5. The van der Waals surface area contributed by atoms with Crippen LogP contribution in [0.3, 0.4) is 0 Å². The Morgan fingerprint density at radius 1 is 1.33 bits per heavy atom. The first-order valence-electron chi connectivity index (χ1n) is 8.88. The summed E-state index contributed by atoms with van der Waals surface area (Å²) >= 11 is 0. The molecule has 0 spiro atoms. The monoisotopic (exact) mass is 366 g/mol. The lowest BCUT2D eigenvalue weighted by Crippen LogP contribution is -2.53. The predicted molar refractivity (Wildman–Crippen MR) is 99.7 cm³/mol. The van der Waals surface area contributed by atoms with E-state index in [1.807, 2.05) is 30.3 Å². The summed E-state index contributed by atoms with van der Waals surface area (Å²) in [4.78, 5) is 23.8. The van der Waals surface area contributed by atoms with Crippen LogP contribution in [0.25, 0.3) is 0 Å². The standard InChI is InChI=1S/C21H19FN2O3/c1-14(26)20-21(10-5-11-25,15-6-3-2-4-7-15)19-13-27-18-9-8-16(22)12-17(18)24(19)23-20/h2-4,6-9,11-12,19H,5,10,13H2,1H3/t19-,21+/m0/s1. The van der Waals surface area contributed by atoms with Crippen molar-refractivity contribution >= 4 is 23.5 Å². The highest BCUT2D eigenvalue weighted by Crippen LogP contribution is 2.48. The van der Waals surface area contributed by atoms with Gasteiger partial charge in [-0.3, -0.25) is 9.80 Å². The Morgan fingerprint density at radius 3 is 2.81 bits per heavy atom. The Labute approximate surface area is 156 Å². The molecule has 0 aliphatic carbocycles. The van der Waals surface area contributed by atoms with E-state index in [9.17, 15) is 14.0 Å². The van der Waals surface area contributed by atoms with Crippen LogP contribution in [0.1, 0.15) is 25.3 Å². The topological polar surface area (TPSA) is 59.0 Å². The van der Waals surface area contributed by atoms with Gasteiger partial charge in [-0.15, -0.1) is 0 Å². The number of hydrogen-bond donors (Lipinski definition) is 0. The van der Waals surface area contributed by atoms with Crippen molar-refractivity contribution in [1.82, 2.24) is 0 Å². The van der Waals surface area contributed by atoms with E-state index < -0.39 is 11.2 Å². The summed E-state index contributed by atoms with van der Waals surface area (Å²) in [5, 5.41) is 6.30. The number of ketones is 1. The number of rotatable bonds is 5. The molecule has 138 valence electrons. The molecule has 2 heterocycles. The molecule has 0 saturated carbocycles. The third-order valence-corrected chi connectivity index (χ3v) is 5.34. The number of carbonyl (C=O) groups excluding carboxylic acids is 2. The maximum absolute atomic E-state index is 13.9. The van der Waals surface area contributed by atoms with Crippen LogP contribution >= 0.6 is 0 Å². The molecular weight excluding hydrogens is 347 g/mol. The molecule has 0 radical (unpaired) electrons. The van der Waals surface area contributed by atoms with Gasteiger partial charge < -0.3 is 9.53 Å². The lowest BCUT2D eigenvalue weighted by Gasteiger charge is -2.41. The van der Waals surface area contributed by atoms with E-state index in [0.717, 1.165) is 11.8 Å². The average Bonchev–Trinajstić information content (AvgIpc) is 3.03.